The number of carbonyl (C=O) groups is 3. The van der Waals surface area contributed by atoms with Gasteiger partial charge in [-0.1, -0.05) is 25.0 Å². The third-order valence-corrected chi connectivity index (χ3v) is 12.0. The summed E-state index contributed by atoms with van der Waals surface area (Å²) in [4.78, 5) is 61.0. The number of pyridine rings is 1. The number of nitrogens with zero attached hydrogens (tertiary/aromatic N) is 7. The fourth-order valence-corrected chi connectivity index (χ4v) is 9.03. The standard InChI is InChI=1S/C40H49N9O4/c1-25-33-24-42-40(45-37(33)49(30-5-3-4-6-30)39(53)36(25)26(2)50)43-34-13-11-31(23-41-34)46-17-15-29(16-18-46)48-21-19-47(20-22-48)28-9-7-27(8-10-28)32-12-14-35(51)44-38(32)52/h7-11,13,23-24,29-30,32,37,50H,3-6,12,14-22H2,1-2H3,(H,41,43,45)(H,44,51,52)/b36-26+. The SMILES string of the molecule is CC1=C2C=NC(Nc3ccc(N4CCC(N5CCN(c6ccc(C7CCC(=O)NC7=O)cc6)CC5)CC4)cn3)=NC2N(C2CCCC2)C(=O)/C1=C(\C)O. The summed E-state index contributed by atoms with van der Waals surface area (Å²) in [7, 11) is 0. The van der Waals surface area contributed by atoms with Crippen LogP contribution in [0.1, 0.15) is 76.7 Å². The van der Waals surface area contributed by atoms with Crippen molar-refractivity contribution in [3.8, 4) is 0 Å². The largest absolute Gasteiger partial charge is 0.512 e. The van der Waals surface area contributed by atoms with Crippen LogP contribution in [0.15, 0.2) is 75.1 Å². The quantitative estimate of drug-likeness (QED) is 0.223. The van der Waals surface area contributed by atoms with Crippen LogP contribution in [0.25, 0.3) is 0 Å². The summed E-state index contributed by atoms with van der Waals surface area (Å²) in [5, 5.41) is 16.1. The number of piperazine rings is 1. The number of benzene rings is 1. The molecule has 0 radical (unpaired) electrons. The molecular formula is C40H49N9O4. The van der Waals surface area contributed by atoms with Crippen LogP contribution in [-0.2, 0) is 14.4 Å². The number of carbonyl (C=O) groups excluding carboxylic acids is 3. The number of nitrogens with one attached hydrogen (secondary N) is 2. The van der Waals surface area contributed by atoms with Gasteiger partial charge in [0.2, 0.25) is 17.8 Å². The molecule has 1 saturated carbocycles. The van der Waals surface area contributed by atoms with Crippen molar-refractivity contribution >= 4 is 47.1 Å². The van der Waals surface area contributed by atoms with Crippen molar-refractivity contribution in [3.63, 3.8) is 0 Å². The Balaban J connectivity index is 0.835. The first-order valence-electron chi connectivity index (χ1n) is 19.2. The number of rotatable bonds is 6. The van der Waals surface area contributed by atoms with Gasteiger partial charge in [0, 0.05) is 75.2 Å². The third kappa shape index (κ3) is 7.06. The van der Waals surface area contributed by atoms with Crippen LogP contribution in [-0.4, -0.2) is 107 Å². The summed E-state index contributed by atoms with van der Waals surface area (Å²) in [6.07, 6.45) is 10.4. The molecule has 3 amide bonds. The van der Waals surface area contributed by atoms with Crippen molar-refractivity contribution in [2.75, 3.05) is 54.4 Å². The van der Waals surface area contributed by atoms with Crippen molar-refractivity contribution in [1.29, 1.82) is 0 Å². The second-order valence-electron chi connectivity index (χ2n) is 15.1. The number of aromatic nitrogens is 1. The zero-order valence-electron chi connectivity index (χ0n) is 30.6. The Labute approximate surface area is 310 Å². The molecule has 3 saturated heterocycles. The van der Waals surface area contributed by atoms with Crippen LogP contribution in [0.4, 0.5) is 17.2 Å². The predicted octanol–water partition coefficient (Wildman–Crippen LogP) is 4.50. The molecule has 3 N–H and O–H groups in total. The van der Waals surface area contributed by atoms with Crippen LogP contribution >= 0.6 is 0 Å². The molecule has 0 bridgehead atoms. The molecule has 13 nitrogen and oxygen atoms in total. The minimum atomic E-state index is -0.476. The van der Waals surface area contributed by atoms with E-state index in [1.165, 1.54) is 5.69 Å². The summed E-state index contributed by atoms with van der Waals surface area (Å²) in [5.41, 5.74) is 5.18. The normalized spacial score (nSPS) is 25.8. The molecule has 5 aliphatic heterocycles. The number of allylic oxidation sites excluding steroid dienone is 1. The summed E-state index contributed by atoms with van der Waals surface area (Å²) >= 11 is 0. The van der Waals surface area contributed by atoms with E-state index in [2.05, 4.69) is 48.5 Å². The zero-order chi connectivity index (χ0) is 36.6. The number of imide groups is 1. The third-order valence-electron chi connectivity index (χ3n) is 12.0. The number of amides is 3. The highest BCUT2D eigenvalue weighted by atomic mass is 16.3. The Hall–Kier alpha value is -5.04. The summed E-state index contributed by atoms with van der Waals surface area (Å²) < 4.78 is 0. The van der Waals surface area contributed by atoms with Gasteiger partial charge in [0.1, 0.15) is 11.6 Å². The first kappa shape index (κ1) is 35.0. The van der Waals surface area contributed by atoms with E-state index < -0.39 is 6.17 Å². The fourth-order valence-electron chi connectivity index (χ4n) is 9.03. The molecule has 1 aromatic carbocycles. The maximum atomic E-state index is 13.6. The number of hydrogen-bond donors (Lipinski definition) is 3. The minimum Gasteiger partial charge on any atom is -0.512 e. The molecule has 2 unspecified atom stereocenters. The van der Waals surface area contributed by atoms with Crippen LogP contribution in [0.3, 0.4) is 0 Å². The highest BCUT2D eigenvalue weighted by Gasteiger charge is 2.42. The van der Waals surface area contributed by atoms with Crippen molar-refractivity contribution in [1.82, 2.24) is 20.1 Å². The molecular weight excluding hydrogens is 670 g/mol. The minimum absolute atomic E-state index is 0.0312. The molecule has 6 aliphatic rings. The molecule has 1 aromatic heterocycles. The van der Waals surface area contributed by atoms with Crippen LogP contribution < -0.4 is 20.4 Å². The van der Waals surface area contributed by atoms with Gasteiger partial charge in [-0.2, -0.15) is 0 Å². The molecule has 4 fully saturated rings. The number of piperidine rings is 2. The lowest BCUT2D eigenvalue weighted by atomic mass is 9.90. The van der Waals surface area contributed by atoms with Crippen LogP contribution in [0, 0.1) is 0 Å². The van der Waals surface area contributed by atoms with Gasteiger partial charge in [-0.3, -0.25) is 24.6 Å². The van der Waals surface area contributed by atoms with E-state index in [-0.39, 0.29) is 35.4 Å². The van der Waals surface area contributed by atoms with E-state index in [0.717, 1.165) is 100 Å². The van der Waals surface area contributed by atoms with Crippen LogP contribution in [0.2, 0.25) is 0 Å². The van der Waals surface area contributed by atoms with Gasteiger partial charge >= 0.3 is 0 Å². The van der Waals surface area contributed by atoms with Crippen molar-refractivity contribution in [2.45, 2.75) is 89.4 Å². The number of aliphatic hydroxyl groups is 1. The number of hydrogen-bond acceptors (Lipinski definition) is 11. The summed E-state index contributed by atoms with van der Waals surface area (Å²) in [5.74, 6) is 0.311. The van der Waals surface area contributed by atoms with Gasteiger partial charge in [-0.25, -0.2) is 15.0 Å². The molecule has 1 aliphatic carbocycles. The Morgan fingerprint density at radius 2 is 1.55 bits per heavy atom. The van der Waals surface area contributed by atoms with Gasteiger partial charge < -0.3 is 25.1 Å². The number of aliphatic imine (C=N–C) groups is 2. The van der Waals surface area contributed by atoms with Gasteiger partial charge in [-0.05, 0) is 81.4 Å². The first-order valence-corrected chi connectivity index (χ1v) is 19.2. The molecule has 13 heteroatoms. The molecule has 53 heavy (non-hydrogen) atoms. The van der Waals surface area contributed by atoms with Gasteiger partial charge in [0.15, 0.2) is 6.17 Å². The smallest absolute Gasteiger partial charge is 0.259 e. The average molecular weight is 720 g/mol. The molecule has 0 spiro atoms. The number of aliphatic hydroxyl groups excluding tert-OH is 1. The number of fused-ring (bicyclic) bond motifs is 1. The summed E-state index contributed by atoms with van der Waals surface area (Å²) in [6, 6.07) is 13.0. The van der Waals surface area contributed by atoms with Crippen molar-refractivity contribution in [3.05, 3.63) is 70.6 Å². The van der Waals surface area contributed by atoms with Crippen molar-refractivity contribution < 1.29 is 19.5 Å². The average Bonchev–Trinajstić information content (AvgIpc) is 3.70. The van der Waals surface area contributed by atoms with Gasteiger partial charge in [0.05, 0.1) is 23.4 Å². The lowest BCUT2D eigenvalue weighted by Crippen LogP contribution is -2.53. The van der Waals surface area contributed by atoms with E-state index in [4.69, 9.17) is 9.98 Å². The highest BCUT2D eigenvalue weighted by Crippen LogP contribution is 2.37. The molecule has 2 atom stereocenters. The summed E-state index contributed by atoms with van der Waals surface area (Å²) in [6.45, 7) is 9.37. The maximum absolute atomic E-state index is 13.6. The molecule has 278 valence electrons. The van der Waals surface area contributed by atoms with E-state index in [0.29, 0.717) is 36.2 Å². The molecule has 8 rings (SSSR count). The lowest BCUT2D eigenvalue weighted by molar-refractivity contribution is -0.134. The van der Waals surface area contributed by atoms with Gasteiger partial charge in [-0.15, -0.1) is 0 Å². The second-order valence-corrected chi connectivity index (χ2v) is 15.1. The number of anilines is 3. The first-order chi connectivity index (χ1) is 25.7. The monoisotopic (exact) mass is 719 g/mol. The lowest BCUT2D eigenvalue weighted by Gasteiger charge is -2.43. The van der Waals surface area contributed by atoms with E-state index >= 15 is 0 Å². The van der Waals surface area contributed by atoms with E-state index in [1.807, 2.05) is 36.2 Å². The van der Waals surface area contributed by atoms with Gasteiger partial charge in [0.25, 0.3) is 5.91 Å². The fraction of sp³-hybridized carbons (Fsp3) is 0.500. The molecule has 2 aromatic rings. The Morgan fingerprint density at radius 3 is 2.21 bits per heavy atom. The predicted molar refractivity (Wildman–Crippen MR) is 205 cm³/mol. The topological polar surface area (TPSA) is 146 Å². The van der Waals surface area contributed by atoms with E-state index in [9.17, 15) is 19.5 Å². The van der Waals surface area contributed by atoms with Crippen LogP contribution in [0.5, 0.6) is 0 Å². The Kier molecular flexibility index (Phi) is 9.76. The maximum Gasteiger partial charge on any atom is 0.259 e. The highest BCUT2D eigenvalue weighted by molar-refractivity contribution is 6.09. The van der Waals surface area contributed by atoms with E-state index in [1.54, 1.807) is 13.1 Å². The Morgan fingerprint density at radius 1 is 0.849 bits per heavy atom. The number of guanidine groups is 1. The second kappa shape index (κ2) is 14.8. The molecule has 6 heterocycles. The van der Waals surface area contributed by atoms with Crippen molar-refractivity contribution in [2.24, 2.45) is 9.98 Å². The zero-order valence-corrected chi connectivity index (χ0v) is 30.6. The Bertz CT molecular complexity index is 1860.